The minimum absolute atomic E-state index is 0.322. The van der Waals surface area contributed by atoms with Gasteiger partial charge in [0.05, 0.1) is 10.2 Å². The van der Waals surface area contributed by atoms with Crippen LogP contribution in [0.3, 0.4) is 0 Å². The second-order valence-corrected chi connectivity index (χ2v) is 5.55. The van der Waals surface area contributed by atoms with Gasteiger partial charge in [-0.15, -0.1) is 5.10 Å². The van der Waals surface area contributed by atoms with Crippen molar-refractivity contribution in [1.29, 1.82) is 0 Å². The van der Waals surface area contributed by atoms with E-state index in [1.165, 1.54) is 25.0 Å². The molecule has 1 saturated carbocycles. The molecule has 6 heteroatoms. The summed E-state index contributed by atoms with van der Waals surface area (Å²) in [5.74, 6) is 0.564. The molecule has 1 aliphatic carbocycles. The van der Waals surface area contributed by atoms with E-state index in [-0.39, 0.29) is 5.82 Å². The summed E-state index contributed by atoms with van der Waals surface area (Å²) in [7, 11) is 0. The van der Waals surface area contributed by atoms with Crippen LogP contribution >= 0.6 is 15.9 Å². The standard InChI is InChI=1S/C14H13BrFN3O/c15-12-7-9(16)1-5-13(12)20-14-6-4-11(18-19-14)8-17-10-2-3-10/h1,4-7,10,17H,2-3,8H2. The molecule has 20 heavy (non-hydrogen) atoms. The fraction of sp³-hybridized carbons (Fsp3) is 0.286. The topological polar surface area (TPSA) is 47.0 Å². The van der Waals surface area contributed by atoms with Gasteiger partial charge in [0.25, 0.3) is 0 Å². The van der Waals surface area contributed by atoms with Crippen molar-refractivity contribution in [3.8, 4) is 11.6 Å². The summed E-state index contributed by atoms with van der Waals surface area (Å²) in [4.78, 5) is 0. The van der Waals surface area contributed by atoms with E-state index in [0.717, 1.165) is 12.2 Å². The predicted molar refractivity (Wildman–Crippen MR) is 76.1 cm³/mol. The molecule has 0 spiro atoms. The van der Waals surface area contributed by atoms with E-state index < -0.39 is 0 Å². The molecule has 1 aromatic heterocycles. The van der Waals surface area contributed by atoms with E-state index in [4.69, 9.17) is 4.74 Å². The van der Waals surface area contributed by atoms with Crippen molar-refractivity contribution in [2.75, 3.05) is 0 Å². The Kier molecular flexibility index (Phi) is 3.93. The molecule has 0 unspecified atom stereocenters. The summed E-state index contributed by atoms with van der Waals surface area (Å²) in [5.41, 5.74) is 0.877. The Bertz CT molecular complexity index is 602. The van der Waals surface area contributed by atoms with Crippen LogP contribution in [0.2, 0.25) is 0 Å². The van der Waals surface area contributed by atoms with E-state index in [0.29, 0.717) is 22.1 Å². The van der Waals surface area contributed by atoms with Gasteiger partial charge in [0, 0.05) is 18.7 Å². The average Bonchev–Trinajstić information content (AvgIpc) is 3.25. The Morgan fingerprint density at radius 3 is 2.75 bits per heavy atom. The van der Waals surface area contributed by atoms with Crippen molar-refractivity contribution in [2.24, 2.45) is 0 Å². The highest BCUT2D eigenvalue weighted by Gasteiger charge is 2.20. The number of nitrogens with zero attached hydrogens (tertiary/aromatic N) is 2. The van der Waals surface area contributed by atoms with E-state index in [1.54, 1.807) is 12.1 Å². The molecule has 1 fully saturated rings. The fourth-order valence-electron chi connectivity index (χ4n) is 1.70. The van der Waals surface area contributed by atoms with Crippen molar-refractivity contribution in [3.63, 3.8) is 0 Å². The van der Waals surface area contributed by atoms with Gasteiger partial charge in [0.15, 0.2) is 0 Å². The first-order valence-electron chi connectivity index (χ1n) is 6.39. The van der Waals surface area contributed by atoms with Gasteiger partial charge in [0.1, 0.15) is 11.6 Å². The maximum Gasteiger partial charge on any atom is 0.238 e. The van der Waals surface area contributed by atoms with Gasteiger partial charge >= 0.3 is 0 Å². The second kappa shape index (κ2) is 5.85. The van der Waals surface area contributed by atoms with Gasteiger partial charge in [-0.1, -0.05) is 0 Å². The Balaban J connectivity index is 1.64. The van der Waals surface area contributed by atoms with Gasteiger partial charge in [-0.3, -0.25) is 0 Å². The molecule has 0 saturated heterocycles. The highest BCUT2D eigenvalue weighted by Crippen LogP contribution is 2.29. The van der Waals surface area contributed by atoms with Crippen molar-refractivity contribution < 1.29 is 9.13 Å². The average molecular weight is 338 g/mol. The number of ether oxygens (including phenoxy) is 1. The smallest absolute Gasteiger partial charge is 0.238 e. The van der Waals surface area contributed by atoms with Crippen LogP contribution in [0.1, 0.15) is 18.5 Å². The maximum atomic E-state index is 13.0. The van der Waals surface area contributed by atoms with Gasteiger partial charge in [-0.25, -0.2) is 4.39 Å². The Labute approximate surface area is 124 Å². The zero-order chi connectivity index (χ0) is 13.9. The van der Waals surface area contributed by atoms with Crippen LogP contribution in [-0.2, 0) is 6.54 Å². The first kappa shape index (κ1) is 13.5. The van der Waals surface area contributed by atoms with Crippen molar-refractivity contribution in [2.45, 2.75) is 25.4 Å². The quantitative estimate of drug-likeness (QED) is 0.908. The molecule has 1 aliphatic rings. The van der Waals surface area contributed by atoms with Crippen LogP contribution in [0.25, 0.3) is 0 Å². The summed E-state index contributed by atoms with van der Waals surface area (Å²) in [6, 6.07) is 8.49. The lowest BCUT2D eigenvalue weighted by molar-refractivity contribution is 0.448. The van der Waals surface area contributed by atoms with E-state index in [2.05, 4.69) is 31.4 Å². The molecule has 2 aromatic rings. The monoisotopic (exact) mass is 337 g/mol. The van der Waals surface area contributed by atoms with Crippen LogP contribution < -0.4 is 10.1 Å². The molecule has 0 amide bonds. The molecule has 0 bridgehead atoms. The Morgan fingerprint density at radius 2 is 2.10 bits per heavy atom. The van der Waals surface area contributed by atoms with E-state index in [9.17, 15) is 4.39 Å². The molecule has 4 nitrogen and oxygen atoms in total. The lowest BCUT2D eigenvalue weighted by atomic mass is 10.3. The molecule has 1 N–H and O–H groups in total. The maximum absolute atomic E-state index is 13.0. The molecule has 0 atom stereocenters. The highest BCUT2D eigenvalue weighted by molar-refractivity contribution is 9.10. The fourth-order valence-corrected chi connectivity index (χ4v) is 2.14. The van der Waals surface area contributed by atoms with Gasteiger partial charge in [0.2, 0.25) is 5.88 Å². The minimum atomic E-state index is -0.322. The van der Waals surface area contributed by atoms with Crippen LogP contribution in [0, 0.1) is 5.82 Å². The number of benzene rings is 1. The molecular weight excluding hydrogens is 325 g/mol. The van der Waals surface area contributed by atoms with Crippen molar-refractivity contribution >= 4 is 15.9 Å². The lowest BCUT2D eigenvalue weighted by Gasteiger charge is -2.07. The number of hydrogen-bond acceptors (Lipinski definition) is 4. The van der Waals surface area contributed by atoms with Crippen LogP contribution in [0.4, 0.5) is 4.39 Å². The second-order valence-electron chi connectivity index (χ2n) is 4.69. The third kappa shape index (κ3) is 3.52. The molecule has 0 radical (unpaired) electrons. The van der Waals surface area contributed by atoms with E-state index >= 15 is 0 Å². The third-order valence-electron chi connectivity index (χ3n) is 2.95. The third-order valence-corrected chi connectivity index (χ3v) is 3.57. The van der Waals surface area contributed by atoms with Gasteiger partial charge in [-0.05, 0) is 53.0 Å². The van der Waals surface area contributed by atoms with Gasteiger partial charge in [-0.2, -0.15) is 5.10 Å². The summed E-state index contributed by atoms with van der Waals surface area (Å²) in [5, 5.41) is 11.5. The zero-order valence-electron chi connectivity index (χ0n) is 10.6. The molecule has 1 heterocycles. The lowest BCUT2D eigenvalue weighted by Crippen LogP contribution is -2.16. The van der Waals surface area contributed by atoms with Crippen LogP contribution in [0.15, 0.2) is 34.8 Å². The highest BCUT2D eigenvalue weighted by atomic mass is 79.9. The normalized spacial score (nSPS) is 14.3. The number of rotatable bonds is 5. The molecular formula is C14H13BrFN3O. The van der Waals surface area contributed by atoms with E-state index in [1.807, 2.05) is 6.07 Å². The zero-order valence-corrected chi connectivity index (χ0v) is 12.2. The molecule has 104 valence electrons. The first-order valence-corrected chi connectivity index (χ1v) is 7.19. The number of aromatic nitrogens is 2. The summed E-state index contributed by atoms with van der Waals surface area (Å²) >= 11 is 3.24. The SMILES string of the molecule is Fc1ccc(Oc2ccc(CNC3CC3)nn2)c(Br)c1. The molecule has 1 aromatic carbocycles. The summed E-state index contributed by atoms with van der Waals surface area (Å²) < 4.78 is 19.1. The number of halogens is 2. The number of nitrogens with one attached hydrogen (secondary N) is 1. The predicted octanol–water partition coefficient (Wildman–Crippen LogP) is 3.42. The van der Waals surface area contributed by atoms with Crippen molar-refractivity contribution in [3.05, 3.63) is 46.3 Å². The summed E-state index contributed by atoms with van der Waals surface area (Å²) in [6.07, 6.45) is 2.49. The largest absolute Gasteiger partial charge is 0.436 e. The Hall–Kier alpha value is -1.53. The molecule has 3 rings (SSSR count). The minimum Gasteiger partial charge on any atom is -0.436 e. The van der Waals surface area contributed by atoms with Crippen LogP contribution in [0.5, 0.6) is 11.6 Å². The summed E-state index contributed by atoms with van der Waals surface area (Å²) in [6.45, 7) is 0.720. The number of hydrogen-bond donors (Lipinski definition) is 1. The Morgan fingerprint density at radius 1 is 1.25 bits per heavy atom. The first-order chi connectivity index (χ1) is 9.70. The van der Waals surface area contributed by atoms with Crippen molar-refractivity contribution in [1.82, 2.24) is 15.5 Å². The van der Waals surface area contributed by atoms with Crippen LogP contribution in [-0.4, -0.2) is 16.2 Å². The molecule has 0 aliphatic heterocycles. The van der Waals surface area contributed by atoms with Gasteiger partial charge < -0.3 is 10.1 Å².